The van der Waals surface area contributed by atoms with Gasteiger partial charge in [-0.25, -0.2) is 4.98 Å². The number of aromatic nitrogens is 1. The van der Waals surface area contributed by atoms with Crippen molar-refractivity contribution in [3.05, 3.63) is 28.8 Å². The van der Waals surface area contributed by atoms with Crippen LogP contribution in [-0.2, 0) is 0 Å². The van der Waals surface area contributed by atoms with Gasteiger partial charge in [0.05, 0.1) is 32.6 Å². The van der Waals surface area contributed by atoms with Crippen molar-refractivity contribution >= 4 is 22.4 Å². The van der Waals surface area contributed by atoms with Crippen LogP contribution in [0.5, 0.6) is 17.2 Å². The summed E-state index contributed by atoms with van der Waals surface area (Å²) in [6.07, 6.45) is 1.00. The zero-order chi connectivity index (χ0) is 18.6. The summed E-state index contributed by atoms with van der Waals surface area (Å²) in [4.78, 5) is 19.1. The van der Waals surface area contributed by atoms with E-state index in [0.29, 0.717) is 33.9 Å². The average molecular weight is 364 g/mol. The normalized spacial score (nSPS) is 11.8. The molecule has 0 aliphatic heterocycles. The number of anilines is 1. The number of carbonyl (C=O) groups is 1. The van der Waals surface area contributed by atoms with Crippen LogP contribution in [0, 0.1) is 0 Å². The molecule has 1 unspecified atom stereocenters. The summed E-state index contributed by atoms with van der Waals surface area (Å²) in [5.74, 6) is 1.39. The van der Waals surface area contributed by atoms with E-state index in [1.165, 1.54) is 37.6 Å². The third kappa shape index (κ3) is 3.71. The van der Waals surface area contributed by atoms with Crippen molar-refractivity contribution in [1.82, 2.24) is 4.98 Å². The van der Waals surface area contributed by atoms with Gasteiger partial charge in [0.25, 0.3) is 5.91 Å². The van der Waals surface area contributed by atoms with Crippen LogP contribution in [0.25, 0.3) is 0 Å². The fourth-order valence-electron chi connectivity index (χ4n) is 2.40. The summed E-state index contributed by atoms with van der Waals surface area (Å²) < 4.78 is 16.0. The summed E-state index contributed by atoms with van der Waals surface area (Å²) in [6, 6.07) is 3.36. The second-order valence-electron chi connectivity index (χ2n) is 5.61. The smallest absolute Gasteiger partial charge is 0.263 e. The maximum atomic E-state index is 13.0. The Bertz CT molecular complexity index is 745. The predicted molar refractivity (Wildman–Crippen MR) is 99.7 cm³/mol. The molecule has 0 bridgehead atoms. The van der Waals surface area contributed by atoms with E-state index in [0.717, 1.165) is 12.1 Å². The van der Waals surface area contributed by atoms with E-state index < -0.39 is 0 Å². The first-order chi connectivity index (χ1) is 12.0. The maximum Gasteiger partial charge on any atom is 0.263 e. The standard InChI is InChI=1S/C18H24N2O4S/c1-7-11(2)13-10-25-18(19-13)20(3)17(21)12-8-9-14(22-4)16(24-6)15(12)23-5/h8-11H,7H2,1-6H3. The Morgan fingerprint density at radius 3 is 2.44 bits per heavy atom. The molecule has 7 heteroatoms. The molecule has 0 saturated heterocycles. The zero-order valence-corrected chi connectivity index (χ0v) is 16.3. The van der Waals surface area contributed by atoms with Crippen LogP contribution in [0.3, 0.4) is 0 Å². The number of amides is 1. The molecule has 136 valence electrons. The van der Waals surface area contributed by atoms with E-state index in [4.69, 9.17) is 14.2 Å². The molecule has 0 saturated carbocycles. The molecule has 1 aromatic heterocycles. The first-order valence-electron chi connectivity index (χ1n) is 8.00. The van der Waals surface area contributed by atoms with Gasteiger partial charge in [0, 0.05) is 12.4 Å². The van der Waals surface area contributed by atoms with Gasteiger partial charge in [-0.3, -0.25) is 9.69 Å². The minimum Gasteiger partial charge on any atom is -0.493 e. The Morgan fingerprint density at radius 1 is 1.20 bits per heavy atom. The van der Waals surface area contributed by atoms with Crippen molar-refractivity contribution < 1.29 is 19.0 Å². The SMILES string of the molecule is CCC(C)c1csc(N(C)C(=O)c2ccc(OC)c(OC)c2OC)n1. The second-order valence-corrected chi connectivity index (χ2v) is 6.45. The number of ether oxygens (including phenoxy) is 3. The molecular weight excluding hydrogens is 340 g/mol. The maximum absolute atomic E-state index is 13.0. The van der Waals surface area contributed by atoms with E-state index >= 15 is 0 Å². The highest BCUT2D eigenvalue weighted by Gasteiger charge is 2.25. The Morgan fingerprint density at radius 2 is 1.88 bits per heavy atom. The van der Waals surface area contributed by atoms with E-state index in [-0.39, 0.29) is 5.91 Å². The summed E-state index contributed by atoms with van der Waals surface area (Å²) in [7, 11) is 6.25. The fraction of sp³-hybridized carbons (Fsp3) is 0.444. The molecule has 0 fully saturated rings. The predicted octanol–water partition coefficient (Wildman–Crippen LogP) is 3.96. The number of rotatable bonds is 7. The van der Waals surface area contributed by atoms with Crippen molar-refractivity contribution in [2.24, 2.45) is 0 Å². The molecular formula is C18H24N2O4S. The molecule has 25 heavy (non-hydrogen) atoms. The molecule has 0 radical (unpaired) electrons. The molecule has 1 heterocycles. The highest BCUT2D eigenvalue weighted by atomic mass is 32.1. The van der Waals surface area contributed by atoms with Crippen molar-refractivity contribution in [2.45, 2.75) is 26.2 Å². The Hall–Kier alpha value is -2.28. The van der Waals surface area contributed by atoms with Crippen LogP contribution in [-0.4, -0.2) is 39.3 Å². The number of thiazole rings is 1. The van der Waals surface area contributed by atoms with Gasteiger partial charge in [-0.05, 0) is 24.5 Å². The number of carbonyl (C=O) groups excluding carboxylic acids is 1. The van der Waals surface area contributed by atoms with Crippen molar-refractivity contribution in [3.63, 3.8) is 0 Å². The lowest BCUT2D eigenvalue weighted by Crippen LogP contribution is -2.26. The molecule has 1 amide bonds. The Balaban J connectivity index is 2.38. The molecule has 2 aromatic rings. The highest BCUT2D eigenvalue weighted by molar-refractivity contribution is 7.14. The summed E-state index contributed by atoms with van der Waals surface area (Å²) >= 11 is 1.45. The summed E-state index contributed by atoms with van der Waals surface area (Å²) in [5.41, 5.74) is 1.39. The van der Waals surface area contributed by atoms with E-state index in [1.807, 2.05) is 5.38 Å². The zero-order valence-electron chi connectivity index (χ0n) is 15.5. The lowest BCUT2D eigenvalue weighted by Gasteiger charge is -2.19. The summed E-state index contributed by atoms with van der Waals surface area (Å²) in [5, 5.41) is 2.65. The van der Waals surface area contributed by atoms with Crippen LogP contribution < -0.4 is 19.1 Å². The third-order valence-electron chi connectivity index (χ3n) is 4.15. The molecule has 0 aliphatic rings. The summed E-state index contributed by atoms with van der Waals surface area (Å²) in [6.45, 7) is 4.24. The monoisotopic (exact) mass is 364 g/mol. The van der Waals surface area contributed by atoms with Crippen LogP contribution in [0.2, 0.25) is 0 Å². The second kappa shape index (κ2) is 8.20. The largest absolute Gasteiger partial charge is 0.493 e. The number of benzene rings is 1. The number of methoxy groups -OCH3 is 3. The topological polar surface area (TPSA) is 60.9 Å². The quantitative estimate of drug-likeness (QED) is 0.744. The number of hydrogen-bond donors (Lipinski definition) is 0. The lowest BCUT2D eigenvalue weighted by molar-refractivity contribution is 0.0989. The van der Waals surface area contributed by atoms with Gasteiger partial charge in [0.1, 0.15) is 0 Å². The molecule has 6 nitrogen and oxygen atoms in total. The molecule has 0 N–H and O–H groups in total. The van der Waals surface area contributed by atoms with Crippen molar-refractivity contribution in [2.75, 3.05) is 33.3 Å². The van der Waals surface area contributed by atoms with Gasteiger partial charge >= 0.3 is 0 Å². The van der Waals surface area contributed by atoms with Crippen LogP contribution in [0.4, 0.5) is 5.13 Å². The third-order valence-corrected chi connectivity index (χ3v) is 5.09. The molecule has 1 atom stereocenters. The Labute approximate surface area is 152 Å². The van der Waals surface area contributed by atoms with Crippen molar-refractivity contribution in [3.8, 4) is 17.2 Å². The van der Waals surface area contributed by atoms with E-state index in [1.54, 1.807) is 19.2 Å². The minimum atomic E-state index is -0.220. The minimum absolute atomic E-state index is 0.220. The van der Waals surface area contributed by atoms with Gasteiger partial charge in [-0.1, -0.05) is 13.8 Å². The van der Waals surface area contributed by atoms with Crippen LogP contribution in [0.1, 0.15) is 42.2 Å². The van der Waals surface area contributed by atoms with Crippen molar-refractivity contribution in [1.29, 1.82) is 0 Å². The highest BCUT2D eigenvalue weighted by Crippen LogP contribution is 2.40. The van der Waals surface area contributed by atoms with Gasteiger partial charge < -0.3 is 14.2 Å². The van der Waals surface area contributed by atoms with Crippen LogP contribution in [0.15, 0.2) is 17.5 Å². The van der Waals surface area contributed by atoms with Gasteiger partial charge in [-0.15, -0.1) is 11.3 Å². The van der Waals surface area contributed by atoms with E-state index in [9.17, 15) is 4.79 Å². The number of nitrogens with zero attached hydrogens (tertiary/aromatic N) is 2. The first kappa shape index (κ1) is 19.1. The molecule has 0 spiro atoms. The molecule has 1 aromatic carbocycles. The Kier molecular flexibility index (Phi) is 6.25. The van der Waals surface area contributed by atoms with E-state index in [2.05, 4.69) is 18.8 Å². The van der Waals surface area contributed by atoms with Crippen LogP contribution >= 0.6 is 11.3 Å². The average Bonchev–Trinajstić information content (AvgIpc) is 3.14. The fourth-order valence-corrected chi connectivity index (χ4v) is 3.31. The van der Waals surface area contributed by atoms with Gasteiger partial charge in [-0.2, -0.15) is 0 Å². The lowest BCUT2D eigenvalue weighted by atomic mass is 10.1. The molecule has 2 rings (SSSR count). The van der Waals surface area contributed by atoms with Gasteiger partial charge in [0.2, 0.25) is 5.75 Å². The molecule has 0 aliphatic carbocycles. The first-order valence-corrected chi connectivity index (χ1v) is 8.88. The number of hydrogen-bond acceptors (Lipinski definition) is 6. The van der Waals surface area contributed by atoms with Gasteiger partial charge in [0.15, 0.2) is 16.6 Å².